The summed E-state index contributed by atoms with van der Waals surface area (Å²) in [5.74, 6) is -1.43. The zero-order valence-electron chi connectivity index (χ0n) is 15.8. The molecular weight excluding hydrogens is 443 g/mol. The molecule has 0 saturated carbocycles. The number of benzene rings is 2. The summed E-state index contributed by atoms with van der Waals surface area (Å²) >= 11 is 5.95. The molecule has 0 radical (unpaired) electrons. The van der Waals surface area contributed by atoms with Gasteiger partial charge in [-0.2, -0.15) is 5.10 Å². The Bertz CT molecular complexity index is 1040. The zero-order chi connectivity index (χ0) is 22.8. The average molecular weight is 458 g/mol. The van der Waals surface area contributed by atoms with Crippen LogP contribution in [0, 0.1) is 0 Å². The minimum Gasteiger partial charge on any atom is -0.467 e. The van der Waals surface area contributed by atoms with Crippen molar-refractivity contribution in [1.82, 2.24) is 5.43 Å². The van der Waals surface area contributed by atoms with Gasteiger partial charge < -0.3 is 19.9 Å². The van der Waals surface area contributed by atoms with Gasteiger partial charge in [-0.3, -0.25) is 0 Å². The minimum atomic E-state index is -4.83. The molecule has 3 rings (SSSR count). The maximum absolute atomic E-state index is 12.2. The first-order valence-electron chi connectivity index (χ1n) is 8.62. The molecule has 1 unspecified atom stereocenters. The summed E-state index contributed by atoms with van der Waals surface area (Å²) in [7, 11) is 1.10. The molecule has 31 heavy (non-hydrogen) atoms. The number of hydrazone groups is 1. The lowest BCUT2D eigenvalue weighted by Gasteiger charge is -2.20. The number of anilines is 1. The second-order valence-corrected chi connectivity index (χ2v) is 6.87. The largest absolute Gasteiger partial charge is 0.573 e. The van der Waals surface area contributed by atoms with E-state index in [0.29, 0.717) is 16.1 Å². The molecule has 12 heteroatoms. The first-order chi connectivity index (χ1) is 14.5. The Morgan fingerprint density at radius 2 is 1.87 bits per heavy atom. The van der Waals surface area contributed by atoms with Crippen molar-refractivity contribution in [3.8, 4) is 5.75 Å². The summed E-state index contributed by atoms with van der Waals surface area (Å²) in [5, 5.41) is 17.4. The van der Waals surface area contributed by atoms with E-state index >= 15 is 0 Å². The fourth-order valence-electron chi connectivity index (χ4n) is 3.02. The molecule has 3 N–H and O–H groups in total. The molecule has 0 bridgehead atoms. The number of rotatable bonds is 4. The number of nitrogens with zero attached hydrogens (tertiary/aromatic N) is 1. The topological polar surface area (TPSA) is 109 Å². The Labute approximate surface area is 178 Å². The van der Waals surface area contributed by atoms with Gasteiger partial charge in [0.05, 0.1) is 7.11 Å². The van der Waals surface area contributed by atoms with Gasteiger partial charge in [0.25, 0.3) is 0 Å². The number of esters is 1. The number of aliphatic hydroxyl groups is 1. The number of methoxy groups -OCH3 is 1. The predicted molar refractivity (Wildman–Crippen MR) is 104 cm³/mol. The summed E-state index contributed by atoms with van der Waals surface area (Å²) in [6.07, 6.45) is -4.99. The van der Waals surface area contributed by atoms with Gasteiger partial charge in [-0.1, -0.05) is 17.7 Å². The number of carbonyl (C=O) groups is 2. The van der Waals surface area contributed by atoms with Crippen molar-refractivity contribution in [2.45, 2.75) is 18.4 Å². The van der Waals surface area contributed by atoms with Crippen LogP contribution >= 0.6 is 11.6 Å². The van der Waals surface area contributed by atoms with E-state index in [1.807, 2.05) is 0 Å². The van der Waals surface area contributed by atoms with E-state index in [9.17, 15) is 27.9 Å². The molecule has 2 aromatic carbocycles. The number of hydrogen-bond donors (Lipinski definition) is 3. The Kier molecular flexibility index (Phi) is 6.09. The van der Waals surface area contributed by atoms with Crippen LogP contribution in [0.1, 0.15) is 11.1 Å². The van der Waals surface area contributed by atoms with E-state index in [0.717, 1.165) is 19.2 Å². The highest BCUT2D eigenvalue weighted by Crippen LogP contribution is 2.33. The van der Waals surface area contributed by atoms with Gasteiger partial charge in [-0.25, -0.2) is 15.0 Å². The predicted octanol–water partition coefficient (Wildman–Crippen LogP) is 3.22. The molecule has 0 aromatic heterocycles. The molecule has 164 valence electrons. The van der Waals surface area contributed by atoms with Crippen molar-refractivity contribution < 1.29 is 37.3 Å². The molecule has 1 aliphatic rings. The number of carbonyl (C=O) groups excluding carboxylic acids is 2. The van der Waals surface area contributed by atoms with Crippen molar-refractivity contribution in [3.63, 3.8) is 0 Å². The average Bonchev–Trinajstić information content (AvgIpc) is 2.97. The molecule has 8 nitrogen and oxygen atoms in total. The maximum atomic E-state index is 12.2. The van der Waals surface area contributed by atoms with Crippen LogP contribution < -0.4 is 15.5 Å². The Balaban J connectivity index is 1.76. The SMILES string of the molecule is COC(=O)C1(O)Cc2cc(Cl)ccc2C1=NNC(=O)Nc1ccc(OC(F)(F)F)cc1. The number of hydrogen-bond acceptors (Lipinski definition) is 6. The van der Waals surface area contributed by atoms with E-state index < -0.39 is 29.7 Å². The van der Waals surface area contributed by atoms with Crippen molar-refractivity contribution in [3.05, 3.63) is 58.6 Å². The molecule has 0 spiro atoms. The Morgan fingerprint density at radius 3 is 2.48 bits per heavy atom. The van der Waals surface area contributed by atoms with Crippen molar-refractivity contribution in [1.29, 1.82) is 0 Å². The number of amides is 2. The highest BCUT2D eigenvalue weighted by atomic mass is 35.5. The van der Waals surface area contributed by atoms with E-state index in [1.54, 1.807) is 6.07 Å². The monoisotopic (exact) mass is 457 g/mol. The number of nitrogens with one attached hydrogen (secondary N) is 2. The Morgan fingerprint density at radius 1 is 1.19 bits per heavy atom. The number of ether oxygens (including phenoxy) is 2. The van der Waals surface area contributed by atoms with E-state index in [4.69, 9.17) is 11.6 Å². The third-order valence-corrected chi connectivity index (χ3v) is 4.53. The highest BCUT2D eigenvalue weighted by molar-refractivity contribution is 6.31. The first-order valence-corrected chi connectivity index (χ1v) is 9.00. The van der Waals surface area contributed by atoms with Crippen LogP contribution in [0.5, 0.6) is 5.75 Å². The number of halogens is 4. The quantitative estimate of drug-likeness (QED) is 0.482. The normalized spacial score (nSPS) is 19.0. The van der Waals surface area contributed by atoms with Crippen LogP contribution in [0.25, 0.3) is 0 Å². The lowest BCUT2D eigenvalue weighted by atomic mass is 9.99. The van der Waals surface area contributed by atoms with Crippen LogP contribution in [-0.2, 0) is 16.0 Å². The number of urea groups is 1. The van der Waals surface area contributed by atoms with Gasteiger partial charge in [0.1, 0.15) is 11.5 Å². The van der Waals surface area contributed by atoms with Gasteiger partial charge in [0, 0.05) is 22.7 Å². The van der Waals surface area contributed by atoms with Gasteiger partial charge in [0.2, 0.25) is 5.60 Å². The lowest BCUT2D eigenvalue weighted by molar-refractivity contribution is -0.274. The second kappa shape index (κ2) is 8.44. The fraction of sp³-hybridized carbons (Fsp3) is 0.211. The minimum absolute atomic E-state index is 0.143. The molecule has 0 saturated heterocycles. The molecule has 2 aromatic rings. The molecule has 0 aliphatic heterocycles. The van der Waals surface area contributed by atoms with Crippen LogP contribution in [0.2, 0.25) is 5.02 Å². The number of fused-ring (bicyclic) bond motifs is 1. The van der Waals surface area contributed by atoms with Crippen molar-refractivity contribution in [2.24, 2.45) is 5.10 Å². The van der Waals surface area contributed by atoms with Gasteiger partial charge in [-0.05, 0) is 42.0 Å². The fourth-order valence-corrected chi connectivity index (χ4v) is 3.21. The summed E-state index contributed by atoms with van der Waals surface area (Å²) in [4.78, 5) is 24.3. The van der Waals surface area contributed by atoms with Gasteiger partial charge >= 0.3 is 18.4 Å². The Hall–Kier alpha value is -3.31. The molecule has 1 atom stereocenters. The second-order valence-electron chi connectivity index (χ2n) is 6.43. The molecule has 2 amide bonds. The van der Waals surface area contributed by atoms with Gasteiger partial charge in [-0.15, -0.1) is 13.2 Å². The first kappa shape index (κ1) is 22.4. The third kappa shape index (κ3) is 5.06. The molecule has 0 heterocycles. The van der Waals surface area contributed by atoms with Crippen molar-refractivity contribution >= 4 is 35.0 Å². The molecular formula is C19H15ClF3N3O5. The summed E-state index contributed by atoms with van der Waals surface area (Å²) in [6, 6.07) is 8.16. The van der Waals surface area contributed by atoms with Crippen LogP contribution in [0.15, 0.2) is 47.6 Å². The van der Waals surface area contributed by atoms with Gasteiger partial charge in [0.15, 0.2) is 0 Å². The summed E-state index contributed by atoms with van der Waals surface area (Å²) in [6.45, 7) is 0. The molecule has 1 aliphatic carbocycles. The van der Waals surface area contributed by atoms with E-state index in [-0.39, 0.29) is 17.8 Å². The zero-order valence-corrected chi connectivity index (χ0v) is 16.5. The summed E-state index contributed by atoms with van der Waals surface area (Å²) < 4.78 is 45.0. The summed E-state index contributed by atoms with van der Waals surface area (Å²) in [5.41, 5.74) is 0.936. The highest BCUT2D eigenvalue weighted by Gasteiger charge is 2.49. The maximum Gasteiger partial charge on any atom is 0.573 e. The van der Waals surface area contributed by atoms with Crippen LogP contribution in [0.4, 0.5) is 23.7 Å². The van der Waals surface area contributed by atoms with Crippen molar-refractivity contribution in [2.75, 3.05) is 12.4 Å². The number of alkyl halides is 3. The van der Waals surface area contributed by atoms with E-state index in [1.165, 1.54) is 24.3 Å². The third-order valence-electron chi connectivity index (χ3n) is 4.30. The smallest absolute Gasteiger partial charge is 0.467 e. The lowest BCUT2D eigenvalue weighted by Crippen LogP contribution is -2.47. The van der Waals surface area contributed by atoms with Crippen LogP contribution in [0.3, 0.4) is 0 Å². The standard InChI is InChI=1S/C19H15ClF3N3O5/c1-30-16(27)18(29)9-10-8-11(20)2-7-14(10)15(18)25-26-17(28)24-12-3-5-13(6-4-12)31-19(21,22)23/h2-8,29H,9H2,1H3,(H2,24,26,28). The molecule has 0 fully saturated rings. The van der Waals surface area contributed by atoms with Crippen LogP contribution in [-0.4, -0.2) is 41.9 Å². The van der Waals surface area contributed by atoms with E-state index in [2.05, 4.69) is 25.3 Å².